The van der Waals surface area contributed by atoms with E-state index in [0.717, 1.165) is 17.6 Å². The average molecular weight is 706 g/mol. The van der Waals surface area contributed by atoms with Gasteiger partial charge in [0.05, 0.1) is 28.1 Å². The fourth-order valence-corrected chi connectivity index (χ4v) is 7.43. The second-order valence-corrected chi connectivity index (χ2v) is 16.8. The summed E-state index contributed by atoms with van der Waals surface area (Å²) < 4.78 is 105. The molecule has 0 bridgehead atoms. The Bertz CT molecular complexity index is 1930. The monoisotopic (exact) mass is 705 g/mol. The van der Waals surface area contributed by atoms with Gasteiger partial charge >= 0.3 is 0 Å². The Labute approximate surface area is 266 Å². The number of hydrogen-bond donors (Lipinski definition) is 4. The number of benzene rings is 2. The fraction of sp³-hybridized carbons (Fsp3) is 0.370. The van der Waals surface area contributed by atoms with Crippen LogP contribution in [-0.2, 0) is 50.6 Å². The van der Waals surface area contributed by atoms with Gasteiger partial charge in [0.25, 0.3) is 30.4 Å². The van der Waals surface area contributed by atoms with Crippen molar-refractivity contribution in [3.8, 4) is 0 Å². The molecule has 0 aliphatic carbocycles. The van der Waals surface area contributed by atoms with Crippen LogP contribution in [0.25, 0.3) is 0 Å². The molecular weight excluding hydrogens is 673 g/mol. The predicted octanol–water partition coefficient (Wildman–Crippen LogP) is 3.75. The topological polar surface area (TPSA) is 208 Å². The van der Waals surface area contributed by atoms with E-state index in [1.807, 2.05) is 13.8 Å². The zero-order valence-corrected chi connectivity index (χ0v) is 27.9. The molecule has 0 saturated heterocycles. The summed E-state index contributed by atoms with van der Waals surface area (Å²) in [4.78, 5) is 1.90. The molecule has 2 aromatic rings. The molecule has 0 amide bonds. The minimum absolute atomic E-state index is 0.0793. The molecule has 4 N–H and O–H groups in total. The molecule has 0 fully saturated rings. The first-order valence-corrected chi connectivity index (χ1v) is 18.7. The molecule has 0 saturated carbocycles. The Kier molecular flexibility index (Phi) is 9.79. The van der Waals surface area contributed by atoms with Crippen molar-refractivity contribution >= 4 is 59.5 Å². The van der Waals surface area contributed by atoms with E-state index < -0.39 is 52.7 Å². The average Bonchev–Trinajstić information content (AvgIpc) is 3.26. The normalized spacial score (nSPS) is 18.7. The van der Waals surface area contributed by atoms with E-state index in [0.29, 0.717) is 33.2 Å². The molecule has 0 aromatic heterocycles. The molecule has 2 aliphatic heterocycles. The lowest BCUT2D eigenvalue weighted by molar-refractivity contribution is -0.432. The molecule has 0 unspecified atom stereocenters. The minimum atomic E-state index is -4.53. The maximum Gasteiger partial charge on any atom is 0.294 e. The van der Waals surface area contributed by atoms with Crippen LogP contribution in [0.5, 0.6) is 0 Å². The van der Waals surface area contributed by atoms with Gasteiger partial charge in [0.2, 0.25) is 5.69 Å². The van der Waals surface area contributed by atoms with Gasteiger partial charge in [-0.25, -0.2) is 5.26 Å². The van der Waals surface area contributed by atoms with Crippen molar-refractivity contribution in [2.45, 2.75) is 48.3 Å². The molecule has 0 radical (unpaired) electrons. The molecule has 2 aromatic carbocycles. The van der Waals surface area contributed by atoms with Crippen LogP contribution in [-0.4, -0.2) is 79.1 Å². The third kappa shape index (κ3) is 7.67. The van der Waals surface area contributed by atoms with Crippen LogP contribution < -0.4 is 4.90 Å². The van der Waals surface area contributed by atoms with Gasteiger partial charge in [-0.15, -0.1) is 4.33 Å². The van der Waals surface area contributed by atoms with E-state index in [4.69, 9.17) is 5.26 Å². The second kappa shape index (κ2) is 12.5. The van der Waals surface area contributed by atoms with E-state index in [1.165, 1.54) is 18.2 Å². The molecular formula is C27H33N2O12S4+. The van der Waals surface area contributed by atoms with Gasteiger partial charge in [-0.1, -0.05) is 25.0 Å². The maximum absolute atomic E-state index is 11.9. The standard InChI is InChI=1S/C27H32N2O12S4/c1-26(2)20-16-18(42-41-40-30)8-10-22(20)28(12-14-43(31,32)33)24(26)6-5-7-25-27(3,4)21-17-19(45(37,38)39)9-11-23(21)29(25)13-15-44(34,35)36/h5-11,16-17H,12-15H2,1-4H3,(H3-,30,31,32,33,34,35,36,37,38,39)/p+1. The zero-order chi connectivity index (χ0) is 33.6. The van der Waals surface area contributed by atoms with Crippen LogP contribution >= 0.6 is 12.0 Å². The van der Waals surface area contributed by atoms with Gasteiger partial charge in [0, 0.05) is 45.9 Å². The van der Waals surface area contributed by atoms with Crippen molar-refractivity contribution in [3.05, 3.63) is 71.5 Å². The quantitative estimate of drug-likeness (QED) is 0.0816. The number of anilines is 1. The summed E-state index contributed by atoms with van der Waals surface area (Å²) in [6.07, 6.45) is 5.15. The van der Waals surface area contributed by atoms with E-state index in [2.05, 4.69) is 9.37 Å². The molecule has 0 spiro atoms. The minimum Gasteiger partial charge on any atom is -0.343 e. The lowest BCUT2D eigenvalue weighted by Crippen LogP contribution is -2.30. The van der Waals surface area contributed by atoms with Gasteiger partial charge in [-0.2, -0.15) is 29.8 Å². The molecule has 0 atom stereocenters. The Balaban J connectivity index is 1.82. The van der Waals surface area contributed by atoms with Crippen LogP contribution in [0.2, 0.25) is 0 Å². The van der Waals surface area contributed by atoms with Gasteiger partial charge in [-0.05, 0) is 55.8 Å². The highest BCUT2D eigenvalue weighted by Crippen LogP contribution is 2.48. The lowest BCUT2D eigenvalue weighted by Gasteiger charge is -2.26. The fourth-order valence-electron chi connectivity index (χ4n) is 5.70. The summed E-state index contributed by atoms with van der Waals surface area (Å²) in [5.74, 6) is -1.17. The molecule has 4 rings (SSSR count). The summed E-state index contributed by atoms with van der Waals surface area (Å²) in [6.45, 7) is 7.18. The SMILES string of the molecule is CC1(C)C(C=C/C=C2/N(CCS(=O)(=O)O)c3ccc(S(=O)(=O)O)cc3C2(C)C)=[N+](CCS(=O)(=O)O)c2ccc(SOOO)cc21. The molecule has 18 heteroatoms. The summed E-state index contributed by atoms with van der Waals surface area (Å²) in [6, 6.07) is 9.19. The van der Waals surface area contributed by atoms with Crippen LogP contribution in [0.15, 0.2) is 70.1 Å². The second-order valence-electron chi connectivity index (χ2n) is 11.5. The van der Waals surface area contributed by atoms with Crippen LogP contribution in [0.4, 0.5) is 11.4 Å². The molecule has 246 valence electrons. The van der Waals surface area contributed by atoms with Crippen LogP contribution in [0.3, 0.4) is 0 Å². The van der Waals surface area contributed by atoms with Crippen molar-refractivity contribution < 1.29 is 58.1 Å². The van der Waals surface area contributed by atoms with Gasteiger partial charge < -0.3 is 4.90 Å². The van der Waals surface area contributed by atoms with Gasteiger partial charge in [0.15, 0.2) is 12.3 Å². The number of allylic oxidation sites excluding steroid dienone is 4. The van der Waals surface area contributed by atoms with Crippen LogP contribution in [0.1, 0.15) is 38.8 Å². The Morgan fingerprint density at radius 3 is 2.16 bits per heavy atom. The largest absolute Gasteiger partial charge is 0.343 e. The Morgan fingerprint density at radius 2 is 1.56 bits per heavy atom. The van der Waals surface area contributed by atoms with Crippen molar-refractivity contribution in [2.24, 2.45) is 0 Å². The smallest absolute Gasteiger partial charge is 0.294 e. The summed E-state index contributed by atoms with van der Waals surface area (Å²) in [7, 11) is -13.2. The van der Waals surface area contributed by atoms with Crippen molar-refractivity contribution in [2.75, 3.05) is 29.5 Å². The highest BCUT2D eigenvalue weighted by atomic mass is 32.2. The Morgan fingerprint density at radius 1 is 0.889 bits per heavy atom. The molecule has 2 aliphatic rings. The van der Waals surface area contributed by atoms with E-state index in [1.54, 1.807) is 59.8 Å². The molecule has 14 nitrogen and oxygen atoms in total. The van der Waals surface area contributed by atoms with Gasteiger partial charge in [-0.3, -0.25) is 13.7 Å². The van der Waals surface area contributed by atoms with E-state index in [9.17, 15) is 38.9 Å². The number of rotatable bonds is 12. The van der Waals surface area contributed by atoms with E-state index >= 15 is 0 Å². The first-order chi connectivity index (χ1) is 20.7. The zero-order valence-electron chi connectivity index (χ0n) is 24.6. The Hall–Kier alpha value is -2.65. The molecule has 2 heterocycles. The first kappa shape index (κ1) is 35.2. The summed E-state index contributed by atoms with van der Waals surface area (Å²) in [5, 5.41) is 12.2. The summed E-state index contributed by atoms with van der Waals surface area (Å²) in [5.41, 5.74) is 2.08. The highest BCUT2D eigenvalue weighted by Gasteiger charge is 2.45. The van der Waals surface area contributed by atoms with Crippen LogP contribution in [0, 0.1) is 0 Å². The maximum atomic E-state index is 11.9. The third-order valence-electron chi connectivity index (χ3n) is 7.84. The predicted molar refractivity (Wildman–Crippen MR) is 167 cm³/mol. The van der Waals surface area contributed by atoms with Gasteiger partial charge in [0.1, 0.15) is 5.75 Å². The van der Waals surface area contributed by atoms with E-state index in [-0.39, 0.29) is 18.0 Å². The molecule has 45 heavy (non-hydrogen) atoms. The number of nitrogens with zero attached hydrogens (tertiary/aromatic N) is 2. The highest BCUT2D eigenvalue weighted by molar-refractivity contribution is 7.94. The number of hydrogen-bond acceptors (Lipinski definition) is 11. The van der Waals surface area contributed by atoms with Crippen molar-refractivity contribution in [3.63, 3.8) is 0 Å². The third-order valence-corrected chi connectivity index (χ3v) is 10.7. The summed E-state index contributed by atoms with van der Waals surface area (Å²) >= 11 is 0.762. The van der Waals surface area contributed by atoms with Crippen molar-refractivity contribution in [1.29, 1.82) is 0 Å². The number of fused-ring (bicyclic) bond motifs is 2. The lowest BCUT2D eigenvalue weighted by atomic mass is 9.81. The first-order valence-electron chi connectivity index (χ1n) is 13.3. The van der Waals surface area contributed by atoms with Crippen molar-refractivity contribution in [1.82, 2.24) is 0 Å².